The quantitative estimate of drug-likeness (QED) is 0.124. The standard InChI is InChI=1S/C25H25F2N3O.C9H14.C2H2/c1-17-8-10-20(11-9-17)18(2)14-22(31-4)16-30-15-21(12-13-28-30)29-19(3)23-6-5-7-24(26)25(23)27;1-4-6-7-8-9(3)5-2;1-2/h5-11,13-15H,2,12,16H2,1,3-4H3;4,6-8H,1,5H2,2-3H3;1-2H/b22-14-,29-19?;7-6-,9-8+;. The minimum absolute atomic E-state index is 0.141. The third-order valence-electron chi connectivity index (χ3n) is 6.00. The second-order valence-corrected chi connectivity index (χ2v) is 9.21. The molecule has 0 spiro atoms. The third kappa shape index (κ3) is 12.2. The molecule has 0 aromatic heterocycles. The lowest BCUT2D eigenvalue weighted by atomic mass is 10.1. The summed E-state index contributed by atoms with van der Waals surface area (Å²) in [5.41, 5.74) is 5.64. The number of hydrogen-bond acceptors (Lipinski definition) is 4. The van der Waals surface area contributed by atoms with Crippen molar-refractivity contribution in [2.45, 2.75) is 40.5 Å². The molecule has 0 saturated carbocycles. The Balaban J connectivity index is 0.000000686. The van der Waals surface area contributed by atoms with E-state index in [-0.39, 0.29) is 5.56 Å². The lowest BCUT2D eigenvalue weighted by Crippen LogP contribution is -2.18. The second kappa shape index (κ2) is 19.3. The highest BCUT2D eigenvalue weighted by molar-refractivity contribution is 5.99. The number of nitrogens with zero attached hydrogens (tertiary/aromatic N) is 3. The summed E-state index contributed by atoms with van der Waals surface area (Å²) in [6.45, 7) is 16.0. The van der Waals surface area contributed by atoms with Gasteiger partial charge in [-0.3, -0.25) is 10.0 Å². The Bertz CT molecular complexity index is 1390. The Kier molecular flexibility index (Phi) is 16.2. The molecule has 6 heteroatoms. The van der Waals surface area contributed by atoms with E-state index in [0.717, 1.165) is 23.6 Å². The molecule has 0 atom stereocenters. The Morgan fingerprint density at radius 1 is 1.12 bits per heavy atom. The van der Waals surface area contributed by atoms with Gasteiger partial charge in [-0.1, -0.05) is 85.9 Å². The number of aliphatic imine (C=N–C) groups is 1. The number of rotatable bonds is 10. The normalized spacial score (nSPS) is 13.4. The van der Waals surface area contributed by atoms with Crippen LogP contribution in [0.3, 0.4) is 0 Å². The van der Waals surface area contributed by atoms with E-state index in [9.17, 15) is 8.78 Å². The summed E-state index contributed by atoms with van der Waals surface area (Å²) >= 11 is 0. The first-order valence-corrected chi connectivity index (χ1v) is 13.5. The van der Waals surface area contributed by atoms with Crippen LogP contribution >= 0.6 is 0 Å². The van der Waals surface area contributed by atoms with Gasteiger partial charge in [-0.2, -0.15) is 5.10 Å². The molecule has 0 N–H and O–H groups in total. The van der Waals surface area contributed by atoms with Gasteiger partial charge in [-0.15, -0.1) is 12.8 Å². The number of ether oxygens (including phenoxy) is 1. The zero-order chi connectivity index (χ0) is 31.5. The summed E-state index contributed by atoms with van der Waals surface area (Å²) in [7, 11) is 1.60. The number of hydrogen-bond donors (Lipinski definition) is 0. The van der Waals surface area contributed by atoms with Crippen molar-refractivity contribution in [2.24, 2.45) is 10.1 Å². The first-order chi connectivity index (χ1) is 20.2. The molecule has 1 heterocycles. The van der Waals surface area contributed by atoms with Crippen LogP contribution in [0.25, 0.3) is 5.57 Å². The molecular formula is C36H41F2N3O. The van der Waals surface area contributed by atoms with E-state index < -0.39 is 11.6 Å². The van der Waals surface area contributed by atoms with Crippen molar-refractivity contribution in [1.82, 2.24) is 5.01 Å². The van der Waals surface area contributed by atoms with Crippen molar-refractivity contribution in [1.29, 1.82) is 0 Å². The maximum atomic E-state index is 14.0. The molecule has 220 valence electrons. The van der Waals surface area contributed by atoms with Crippen LogP contribution in [-0.2, 0) is 4.74 Å². The van der Waals surface area contributed by atoms with Crippen LogP contribution in [-0.4, -0.2) is 30.6 Å². The van der Waals surface area contributed by atoms with Crippen LogP contribution < -0.4 is 0 Å². The van der Waals surface area contributed by atoms with Crippen LogP contribution in [0.2, 0.25) is 0 Å². The van der Waals surface area contributed by atoms with Gasteiger partial charge >= 0.3 is 0 Å². The van der Waals surface area contributed by atoms with Crippen LogP contribution in [0.4, 0.5) is 8.78 Å². The fourth-order valence-corrected chi connectivity index (χ4v) is 3.51. The molecule has 2 aromatic carbocycles. The average Bonchev–Trinajstić information content (AvgIpc) is 3.00. The molecule has 3 rings (SSSR count). The molecule has 2 aromatic rings. The minimum Gasteiger partial charge on any atom is -0.499 e. The van der Waals surface area contributed by atoms with Crippen molar-refractivity contribution >= 4 is 17.5 Å². The molecule has 0 fully saturated rings. The minimum atomic E-state index is -0.898. The summed E-state index contributed by atoms with van der Waals surface area (Å²) in [5.74, 6) is -1.11. The Morgan fingerprint density at radius 2 is 1.81 bits per heavy atom. The molecule has 0 unspecified atom stereocenters. The SMILES string of the molecule is C#C.C=C(/C=C(/CN1C=C(N=C(C)c2cccc(F)c2F)CC=N1)OC)c1ccc(C)cc1.C=C/C=C\C=C(/C)CC. The van der Waals surface area contributed by atoms with E-state index in [2.05, 4.69) is 56.0 Å². The van der Waals surface area contributed by atoms with Gasteiger partial charge in [0.25, 0.3) is 0 Å². The Morgan fingerprint density at radius 3 is 2.43 bits per heavy atom. The van der Waals surface area contributed by atoms with Gasteiger partial charge in [0, 0.05) is 30.1 Å². The maximum Gasteiger partial charge on any atom is 0.167 e. The molecule has 1 aliphatic rings. The van der Waals surface area contributed by atoms with Gasteiger partial charge in [-0.25, -0.2) is 8.78 Å². The van der Waals surface area contributed by atoms with E-state index in [1.165, 1.54) is 23.3 Å². The zero-order valence-electron chi connectivity index (χ0n) is 25.3. The molecule has 0 radical (unpaired) electrons. The monoisotopic (exact) mass is 569 g/mol. The van der Waals surface area contributed by atoms with Crippen molar-refractivity contribution in [3.8, 4) is 12.8 Å². The molecule has 4 nitrogen and oxygen atoms in total. The van der Waals surface area contributed by atoms with Crippen LogP contribution in [0.5, 0.6) is 0 Å². The Labute approximate surface area is 250 Å². The van der Waals surface area contributed by atoms with Gasteiger partial charge in [0.1, 0.15) is 5.76 Å². The lowest BCUT2D eigenvalue weighted by Gasteiger charge is -2.20. The Hall–Kier alpha value is -4.76. The van der Waals surface area contributed by atoms with Gasteiger partial charge in [0.2, 0.25) is 0 Å². The van der Waals surface area contributed by atoms with E-state index in [4.69, 9.17) is 4.74 Å². The number of methoxy groups -OCH3 is 1. The average molecular weight is 570 g/mol. The molecule has 0 aliphatic carbocycles. The summed E-state index contributed by atoms with van der Waals surface area (Å²) in [6, 6.07) is 12.2. The molecule has 0 saturated heterocycles. The van der Waals surface area contributed by atoms with E-state index in [1.54, 1.807) is 37.5 Å². The molecule has 0 bridgehead atoms. The lowest BCUT2D eigenvalue weighted by molar-refractivity contribution is 0.247. The summed E-state index contributed by atoms with van der Waals surface area (Å²) in [6.07, 6.45) is 22.8. The highest BCUT2D eigenvalue weighted by Gasteiger charge is 2.13. The van der Waals surface area contributed by atoms with E-state index in [1.807, 2.05) is 49.4 Å². The van der Waals surface area contributed by atoms with Crippen molar-refractivity contribution in [2.75, 3.05) is 13.7 Å². The molecule has 0 amide bonds. The molecular weight excluding hydrogens is 528 g/mol. The fraction of sp³-hybridized carbons (Fsp3) is 0.222. The van der Waals surface area contributed by atoms with Gasteiger partial charge in [0.05, 0.1) is 19.4 Å². The summed E-state index contributed by atoms with van der Waals surface area (Å²) < 4.78 is 33.1. The number of benzene rings is 2. The summed E-state index contributed by atoms with van der Waals surface area (Å²) in [5, 5.41) is 6.04. The number of terminal acetylenes is 1. The first kappa shape index (κ1) is 35.3. The fourth-order valence-electron chi connectivity index (χ4n) is 3.51. The topological polar surface area (TPSA) is 37.2 Å². The van der Waals surface area contributed by atoms with Crippen molar-refractivity contribution in [3.05, 3.63) is 138 Å². The van der Waals surface area contributed by atoms with Gasteiger partial charge in [0.15, 0.2) is 11.6 Å². The smallest absolute Gasteiger partial charge is 0.167 e. The molecule has 42 heavy (non-hydrogen) atoms. The van der Waals surface area contributed by atoms with Crippen molar-refractivity contribution in [3.63, 3.8) is 0 Å². The second-order valence-electron chi connectivity index (χ2n) is 9.21. The first-order valence-electron chi connectivity index (χ1n) is 13.5. The third-order valence-corrected chi connectivity index (χ3v) is 6.00. The predicted octanol–water partition coefficient (Wildman–Crippen LogP) is 9.19. The highest BCUT2D eigenvalue weighted by atomic mass is 19.2. The number of halogens is 2. The zero-order valence-corrected chi connectivity index (χ0v) is 25.3. The molecule has 1 aliphatic heterocycles. The summed E-state index contributed by atoms with van der Waals surface area (Å²) in [4.78, 5) is 4.47. The highest BCUT2D eigenvalue weighted by Crippen LogP contribution is 2.20. The number of hydrazone groups is 1. The maximum absolute atomic E-state index is 14.0. The number of aryl methyl sites for hydroxylation is 1. The number of allylic oxidation sites excluding steroid dienone is 8. The van der Waals surface area contributed by atoms with E-state index >= 15 is 0 Å². The van der Waals surface area contributed by atoms with Crippen LogP contribution in [0.15, 0.2) is 119 Å². The van der Waals surface area contributed by atoms with Gasteiger partial charge in [-0.05, 0) is 56.5 Å². The van der Waals surface area contributed by atoms with Crippen LogP contribution in [0.1, 0.15) is 50.3 Å². The van der Waals surface area contributed by atoms with E-state index in [0.29, 0.717) is 30.1 Å². The van der Waals surface area contributed by atoms with Crippen molar-refractivity contribution < 1.29 is 13.5 Å². The van der Waals surface area contributed by atoms with Gasteiger partial charge < -0.3 is 4.74 Å². The van der Waals surface area contributed by atoms with Crippen LogP contribution in [0, 0.1) is 31.4 Å². The predicted molar refractivity (Wildman–Crippen MR) is 175 cm³/mol. The largest absolute Gasteiger partial charge is 0.499 e.